The van der Waals surface area contributed by atoms with Crippen molar-refractivity contribution in [2.45, 2.75) is 19.3 Å². The summed E-state index contributed by atoms with van der Waals surface area (Å²) < 4.78 is 1.58. The Labute approximate surface area is 198 Å². The monoisotopic (exact) mass is 453 g/mol. The maximum Gasteiger partial charge on any atom is 0.276 e. The van der Waals surface area contributed by atoms with Crippen LogP contribution in [0, 0.1) is 5.92 Å². The fourth-order valence-electron chi connectivity index (χ4n) is 4.67. The number of amides is 2. The van der Waals surface area contributed by atoms with Gasteiger partial charge in [0.15, 0.2) is 5.69 Å². The normalized spacial score (nSPS) is 15.9. The average Bonchev–Trinajstić information content (AvgIpc) is 3.30. The second-order valence-corrected chi connectivity index (χ2v) is 8.87. The summed E-state index contributed by atoms with van der Waals surface area (Å²) >= 11 is 0. The number of carbonyl (C=O) groups is 2. The molecule has 1 fully saturated rings. The topological polar surface area (TPSA) is 80.1 Å². The van der Waals surface area contributed by atoms with Gasteiger partial charge in [0.25, 0.3) is 11.8 Å². The van der Waals surface area contributed by atoms with E-state index < -0.39 is 0 Å². The third-order valence-electron chi connectivity index (χ3n) is 6.35. The van der Waals surface area contributed by atoms with Crippen molar-refractivity contribution in [3.63, 3.8) is 0 Å². The van der Waals surface area contributed by atoms with E-state index in [2.05, 4.69) is 39.7 Å². The van der Waals surface area contributed by atoms with Crippen LogP contribution in [0.25, 0.3) is 10.9 Å². The Morgan fingerprint density at radius 3 is 2.82 bits per heavy atom. The molecule has 1 N–H and O–H groups in total. The first-order chi connectivity index (χ1) is 16.6. The number of aromatic nitrogens is 3. The Hall–Kier alpha value is -4.00. The standard InChI is InChI=1S/C27H27N5O2/c1-31-15-12-25(30-31)26(33)29-24-9-3-2-8-22(24)27(34)32-14-5-6-20(18-32)16-19-10-11-23-21(17-19)7-4-13-28-23/h2-4,7-13,15,17,20H,5-6,14,16,18H2,1H3,(H,29,33)/t20-/m0/s1. The summed E-state index contributed by atoms with van der Waals surface area (Å²) in [7, 11) is 1.76. The number of likely N-dealkylation sites (tertiary alicyclic amines) is 1. The molecule has 0 unspecified atom stereocenters. The highest BCUT2D eigenvalue weighted by molar-refractivity contribution is 6.08. The van der Waals surface area contributed by atoms with Gasteiger partial charge in [0.2, 0.25) is 0 Å². The third-order valence-corrected chi connectivity index (χ3v) is 6.35. The van der Waals surface area contributed by atoms with Gasteiger partial charge in [-0.05, 0) is 67.1 Å². The van der Waals surface area contributed by atoms with Crippen LogP contribution >= 0.6 is 0 Å². The van der Waals surface area contributed by atoms with E-state index in [1.165, 1.54) is 5.56 Å². The van der Waals surface area contributed by atoms with Gasteiger partial charge in [-0.2, -0.15) is 5.10 Å². The summed E-state index contributed by atoms with van der Waals surface area (Å²) in [5, 5.41) is 8.15. The van der Waals surface area contributed by atoms with Crippen molar-refractivity contribution in [1.82, 2.24) is 19.7 Å². The van der Waals surface area contributed by atoms with Gasteiger partial charge in [0, 0.05) is 37.9 Å². The number of para-hydroxylation sites is 1. The lowest BCUT2D eigenvalue weighted by Crippen LogP contribution is -2.40. The number of aryl methyl sites for hydroxylation is 1. The number of hydrogen-bond donors (Lipinski definition) is 1. The van der Waals surface area contributed by atoms with Gasteiger partial charge in [-0.15, -0.1) is 0 Å². The molecule has 1 atom stereocenters. The zero-order valence-corrected chi connectivity index (χ0v) is 19.1. The molecule has 2 aromatic heterocycles. The number of pyridine rings is 1. The minimum Gasteiger partial charge on any atom is -0.338 e. The van der Waals surface area contributed by atoms with Gasteiger partial charge in [0.05, 0.1) is 16.8 Å². The van der Waals surface area contributed by atoms with E-state index in [1.807, 2.05) is 29.3 Å². The van der Waals surface area contributed by atoms with Gasteiger partial charge < -0.3 is 10.2 Å². The molecule has 172 valence electrons. The molecule has 1 saturated heterocycles. The van der Waals surface area contributed by atoms with Crippen LogP contribution in [-0.4, -0.2) is 44.6 Å². The Morgan fingerprint density at radius 1 is 1.09 bits per heavy atom. The Kier molecular flexibility index (Phi) is 6.08. The lowest BCUT2D eigenvalue weighted by molar-refractivity contribution is 0.0674. The van der Waals surface area contributed by atoms with Crippen LogP contribution in [0.2, 0.25) is 0 Å². The van der Waals surface area contributed by atoms with E-state index in [-0.39, 0.29) is 11.8 Å². The predicted molar refractivity (Wildman–Crippen MR) is 132 cm³/mol. The van der Waals surface area contributed by atoms with Crippen molar-refractivity contribution in [3.8, 4) is 0 Å². The third kappa shape index (κ3) is 4.69. The minimum atomic E-state index is -0.330. The van der Waals surface area contributed by atoms with Crippen LogP contribution in [-0.2, 0) is 13.5 Å². The van der Waals surface area contributed by atoms with E-state index in [1.54, 1.807) is 36.1 Å². The number of rotatable bonds is 5. The van der Waals surface area contributed by atoms with Gasteiger partial charge in [0.1, 0.15) is 0 Å². The van der Waals surface area contributed by atoms with E-state index in [9.17, 15) is 9.59 Å². The van der Waals surface area contributed by atoms with Crippen LogP contribution in [0.1, 0.15) is 39.3 Å². The first-order valence-corrected chi connectivity index (χ1v) is 11.6. The van der Waals surface area contributed by atoms with E-state index in [0.717, 1.165) is 36.7 Å². The Balaban J connectivity index is 1.29. The number of anilines is 1. The largest absolute Gasteiger partial charge is 0.338 e. The summed E-state index contributed by atoms with van der Waals surface area (Å²) in [5.41, 5.74) is 3.59. The van der Waals surface area contributed by atoms with Gasteiger partial charge in [-0.3, -0.25) is 19.3 Å². The van der Waals surface area contributed by atoms with Crippen molar-refractivity contribution in [2.24, 2.45) is 13.0 Å². The van der Waals surface area contributed by atoms with Crippen LogP contribution in [0.15, 0.2) is 73.1 Å². The van der Waals surface area contributed by atoms with Crippen molar-refractivity contribution in [2.75, 3.05) is 18.4 Å². The summed E-state index contributed by atoms with van der Waals surface area (Å²) in [6.07, 6.45) is 6.50. The fraction of sp³-hybridized carbons (Fsp3) is 0.259. The molecule has 0 aliphatic carbocycles. The molecule has 0 saturated carbocycles. The number of nitrogens with zero attached hydrogens (tertiary/aromatic N) is 4. The van der Waals surface area contributed by atoms with Gasteiger partial charge in [-0.25, -0.2) is 0 Å². The highest BCUT2D eigenvalue weighted by atomic mass is 16.2. The van der Waals surface area contributed by atoms with Crippen LogP contribution in [0.5, 0.6) is 0 Å². The lowest BCUT2D eigenvalue weighted by atomic mass is 9.90. The fourth-order valence-corrected chi connectivity index (χ4v) is 4.67. The maximum atomic E-state index is 13.5. The second-order valence-electron chi connectivity index (χ2n) is 8.87. The molecule has 4 aromatic rings. The molecule has 0 bridgehead atoms. The summed E-state index contributed by atoms with van der Waals surface area (Å²) in [4.78, 5) is 32.4. The average molecular weight is 454 g/mol. The minimum absolute atomic E-state index is 0.0515. The number of benzene rings is 2. The lowest BCUT2D eigenvalue weighted by Gasteiger charge is -2.33. The molecular formula is C27H27N5O2. The number of piperidine rings is 1. The molecular weight excluding hydrogens is 426 g/mol. The highest BCUT2D eigenvalue weighted by Crippen LogP contribution is 2.26. The van der Waals surface area contributed by atoms with E-state index >= 15 is 0 Å². The number of hydrogen-bond acceptors (Lipinski definition) is 4. The molecule has 2 amide bonds. The highest BCUT2D eigenvalue weighted by Gasteiger charge is 2.26. The van der Waals surface area contributed by atoms with Crippen molar-refractivity contribution in [1.29, 1.82) is 0 Å². The predicted octanol–water partition coefficient (Wildman–Crippen LogP) is 4.32. The molecule has 0 spiro atoms. The number of fused-ring (bicyclic) bond motifs is 1. The van der Waals surface area contributed by atoms with E-state index in [0.29, 0.717) is 29.4 Å². The zero-order chi connectivity index (χ0) is 23.5. The molecule has 34 heavy (non-hydrogen) atoms. The first kappa shape index (κ1) is 21.8. The van der Waals surface area contributed by atoms with Crippen molar-refractivity contribution < 1.29 is 9.59 Å². The molecule has 0 radical (unpaired) electrons. The quantitative estimate of drug-likeness (QED) is 0.488. The Morgan fingerprint density at radius 2 is 1.97 bits per heavy atom. The summed E-state index contributed by atoms with van der Waals surface area (Å²) in [5.74, 6) is 0.00888. The Bertz CT molecular complexity index is 1350. The summed E-state index contributed by atoms with van der Waals surface area (Å²) in [6.45, 7) is 1.42. The molecule has 3 heterocycles. The molecule has 7 nitrogen and oxygen atoms in total. The van der Waals surface area contributed by atoms with Crippen molar-refractivity contribution >= 4 is 28.4 Å². The molecule has 2 aromatic carbocycles. The van der Waals surface area contributed by atoms with Crippen molar-refractivity contribution in [3.05, 3.63) is 89.9 Å². The maximum absolute atomic E-state index is 13.5. The van der Waals surface area contributed by atoms with Gasteiger partial charge >= 0.3 is 0 Å². The van der Waals surface area contributed by atoms with Crippen LogP contribution in [0.4, 0.5) is 5.69 Å². The summed E-state index contributed by atoms with van der Waals surface area (Å²) in [6, 6.07) is 19.3. The van der Waals surface area contributed by atoms with Crippen LogP contribution in [0.3, 0.4) is 0 Å². The second kappa shape index (κ2) is 9.47. The van der Waals surface area contributed by atoms with E-state index in [4.69, 9.17) is 0 Å². The van der Waals surface area contributed by atoms with Gasteiger partial charge in [-0.1, -0.05) is 24.3 Å². The molecule has 7 heteroatoms. The zero-order valence-electron chi connectivity index (χ0n) is 19.1. The molecule has 1 aliphatic rings. The number of carbonyl (C=O) groups excluding carboxylic acids is 2. The van der Waals surface area contributed by atoms with Crippen LogP contribution < -0.4 is 5.32 Å². The smallest absolute Gasteiger partial charge is 0.276 e. The SMILES string of the molecule is Cn1ccc(C(=O)Nc2ccccc2C(=O)N2CCC[C@@H](Cc3ccc4ncccc4c3)C2)n1. The number of nitrogens with one attached hydrogen (secondary N) is 1. The first-order valence-electron chi connectivity index (χ1n) is 11.6. The molecule has 5 rings (SSSR count). The molecule has 1 aliphatic heterocycles.